The van der Waals surface area contributed by atoms with Crippen molar-refractivity contribution in [2.75, 3.05) is 25.1 Å². The molecular formula is C14H18N4O2Se. The van der Waals surface area contributed by atoms with E-state index in [2.05, 4.69) is 25.5 Å². The van der Waals surface area contributed by atoms with E-state index in [9.17, 15) is 4.79 Å². The minimum absolute atomic E-state index is 0.0101. The van der Waals surface area contributed by atoms with Crippen LogP contribution in [-0.2, 0) is 9.53 Å². The van der Waals surface area contributed by atoms with Crippen LogP contribution in [0.2, 0.25) is 0 Å². The van der Waals surface area contributed by atoms with Crippen LogP contribution in [0.4, 0.5) is 5.69 Å². The van der Waals surface area contributed by atoms with Crippen LogP contribution in [0.3, 0.4) is 0 Å². The Morgan fingerprint density at radius 2 is 2.33 bits per heavy atom. The van der Waals surface area contributed by atoms with Crippen LogP contribution < -0.4 is 10.6 Å². The number of aromatic nitrogens is 2. The van der Waals surface area contributed by atoms with Crippen molar-refractivity contribution in [2.45, 2.75) is 19.4 Å². The van der Waals surface area contributed by atoms with Gasteiger partial charge in [-0.2, -0.15) is 0 Å². The van der Waals surface area contributed by atoms with Gasteiger partial charge in [-0.1, -0.05) is 0 Å². The van der Waals surface area contributed by atoms with Crippen LogP contribution in [-0.4, -0.2) is 54.6 Å². The van der Waals surface area contributed by atoms with Crippen molar-refractivity contribution in [1.29, 1.82) is 0 Å². The zero-order valence-corrected chi connectivity index (χ0v) is 13.5. The standard InChI is InChI=1S/C14H18N4O2Se/c1-2-6-15-12-8-20-7-9(12)14(19)16-10-4-3-5-11-13(10)18-21-17-11/h3-5,9,12,15H,2,6-8H2,1H3,(H,16,19). The van der Waals surface area contributed by atoms with Crippen LogP contribution in [0.25, 0.3) is 11.0 Å². The molecule has 0 saturated carbocycles. The molecule has 0 aliphatic carbocycles. The normalized spacial score (nSPS) is 21.8. The summed E-state index contributed by atoms with van der Waals surface area (Å²) >= 11 is -0.0924. The van der Waals surface area contributed by atoms with Gasteiger partial charge < -0.3 is 0 Å². The molecule has 2 unspecified atom stereocenters. The van der Waals surface area contributed by atoms with Crippen molar-refractivity contribution >= 4 is 37.6 Å². The van der Waals surface area contributed by atoms with Gasteiger partial charge in [0.15, 0.2) is 0 Å². The summed E-state index contributed by atoms with van der Waals surface area (Å²) in [7, 11) is 0. The second-order valence-corrected chi connectivity index (χ2v) is 6.24. The Morgan fingerprint density at radius 1 is 1.43 bits per heavy atom. The van der Waals surface area contributed by atoms with Crippen LogP contribution >= 0.6 is 0 Å². The molecule has 1 saturated heterocycles. The molecule has 0 radical (unpaired) electrons. The number of nitrogens with one attached hydrogen (secondary N) is 2. The number of fused-ring (bicyclic) bond motifs is 1. The Bertz CT molecular complexity index is 630. The molecule has 0 spiro atoms. The Morgan fingerprint density at radius 3 is 3.19 bits per heavy atom. The van der Waals surface area contributed by atoms with E-state index in [0.717, 1.165) is 29.7 Å². The Balaban J connectivity index is 1.72. The number of amides is 1. The molecular weight excluding hydrogens is 335 g/mol. The predicted molar refractivity (Wildman–Crippen MR) is 81.5 cm³/mol. The van der Waals surface area contributed by atoms with E-state index in [0.29, 0.717) is 13.2 Å². The molecule has 1 aromatic carbocycles. The van der Waals surface area contributed by atoms with Crippen molar-refractivity contribution in [3.63, 3.8) is 0 Å². The van der Waals surface area contributed by atoms with E-state index in [1.165, 1.54) is 0 Å². The summed E-state index contributed by atoms with van der Waals surface area (Å²) in [6, 6.07) is 5.79. The zero-order valence-electron chi connectivity index (χ0n) is 11.8. The zero-order chi connectivity index (χ0) is 14.7. The summed E-state index contributed by atoms with van der Waals surface area (Å²) in [6.45, 7) is 4.06. The summed E-state index contributed by atoms with van der Waals surface area (Å²) in [6.07, 6.45) is 1.04. The fraction of sp³-hybridized carbons (Fsp3) is 0.500. The fourth-order valence-corrected chi connectivity index (χ4v) is 3.63. The summed E-state index contributed by atoms with van der Waals surface area (Å²) in [5.74, 6) is -0.166. The maximum absolute atomic E-state index is 12.5. The second-order valence-electron chi connectivity index (χ2n) is 5.13. The first kappa shape index (κ1) is 14.7. The second kappa shape index (κ2) is 6.66. The van der Waals surface area contributed by atoms with Gasteiger partial charge in [-0.25, -0.2) is 0 Å². The van der Waals surface area contributed by atoms with E-state index in [1.54, 1.807) is 0 Å². The molecule has 112 valence electrons. The van der Waals surface area contributed by atoms with Gasteiger partial charge in [-0.15, -0.1) is 0 Å². The molecule has 2 aromatic rings. The Kier molecular flexibility index (Phi) is 4.65. The van der Waals surface area contributed by atoms with Crippen molar-refractivity contribution in [3.05, 3.63) is 18.2 Å². The fourth-order valence-electron chi connectivity index (χ4n) is 2.48. The van der Waals surface area contributed by atoms with E-state index < -0.39 is 0 Å². The third-order valence-corrected chi connectivity index (χ3v) is 4.76. The van der Waals surface area contributed by atoms with E-state index in [4.69, 9.17) is 4.74 Å². The molecule has 1 amide bonds. The van der Waals surface area contributed by atoms with E-state index in [1.807, 2.05) is 18.2 Å². The molecule has 1 aliphatic rings. The minimum atomic E-state index is -0.156. The van der Waals surface area contributed by atoms with Crippen LogP contribution in [0.15, 0.2) is 18.2 Å². The summed E-state index contributed by atoms with van der Waals surface area (Å²) in [4.78, 5) is 12.5. The quantitative estimate of drug-likeness (QED) is 0.772. The summed E-state index contributed by atoms with van der Waals surface area (Å²) in [5.41, 5.74) is 2.43. The average molecular weight is 353 g/mol. The maximum atomic E-state index is 12.5. The Hall–Kier alpha value is -1.27. The van der Waals surface area contributed by atoms with Crippen LogP contribution in [0.5, 0.6) is 0 Å². The van der Waals surface area contributed by atoms with Crippen LogP contribution in [0, 0.1) is 5.92 Å². The number of carbonyl (C=O) groups is 1. The average Bonchev–Trinajstić information content (AvgIpc) is 3.14. The van der Waals surface area contributed by atoms with E-state index in [-0.39, 0.29) is 32.8 Å². The van der Waals surface area contributed by atoms with Crippen molar-refractivity contribution < 1.29 is 9.53 Å². The molecule has 7 heteroatoms. The SMILES string of the molecule is CCCNC1COCC1C(=O)Nc1cccc2n[se]nc12. The van der Waals surface area contributed by atoms with Gasteiger partial charge in [-0.05, 0) is 0 Å². The number of hydrogen-bond donors (Lipinski definition) is 2. The Labute approximate surface area is 129 Å². The van der Waals surface area contributed by atoms with Gasteiger partial charge in [0.25, 0.3) is 0 Å². The van der Waals surface area contributed by atoms with E-state index >= 15 is 0 Å². The van der Waals surface area contributed by atoms with Crippen molar-refractivity contribution in [3.8, 4) is 0 Å². The molecule has 2 N–H and O–H groups in total. The summed E-state index contributed by atoms with van der Waals surface area (Å²) in [5, 5.41) is 6.36. The first-order valence-corrected chi connectivity index (χ1v) is 8.66. The van der Waals surface area contributed by atoms with Gasteiger partial charge in [0.1, 0.15) is 0 Å². The first-order valence-electron chi connectivity index (χ1n) is 7.13. The van der Waals surface area contributed by atoms with Crippen molar-refractivity contribution in [1.82, 2.24) is 13.3 Å². The summed E-state index contributed by atoms with van der Waals surface area (Å²) < 4.78 is 14.2. The number of rotatable bonds is 5. The van der Waals surface area contributed by atoms with Gasteiger partial charge in [0, 0.05) is 0 Å². The molecule has 2 atom stereocenters. The number of anilines is 1. The third-order valence-electron chi connectivity index (χ3n) is 3.62. The number of benzene rings is 1. The topological polar surface area (TPSA) is 76.1 Å². The molecule has 2 heterocycles. The number of carbonyl (C=O) groups excluding carboxylic acids is 1. The molecule has 1 fully saturated rings. The number of nitrogens with zero attached hydrogens (tertiary/aromatic N) is 2. The van der Waals surface area contributed by atoms with Gasteiger partial charge in [0.05, 0.1) is 0 Å². The number of hydrogen-bond acceptors (Lipinski definition) is 5. The molecule has 3 rings (SSSR count). The molecule has 1 aromatic heterocycles. The van der Waals surface area contributed by atoms with Gasteiger partial charge >= 0.3 is 129 Å². The molecule has 0 bridgehead atoms. The molecule has 1 aliphatic heterocycles. The molecule has 21 heavy (non-hydrogen) atoms. The third kappa shape index (κ3) is 3.16. The predicted octanol–water partition coefficient (Wildman–Crippen LogP) is 0.640. The molecule has 6 nitrogen and oxygen atoms in total. The van der Waals surface area contributed by atoms with Gasteiger partial charge in [-0.3, -0.25) is 0 Å². The monoisotopic (exact) mass is 354 g/mol. The number of ether oxygens (including phenoxy) is 1. The van der Waals surface area contributed by atoms with Gasteiger partial charge in [0.2, 0.25) is 0 Å². The first-order chi connectivity index (χ1) is 10.3. The van der Waals surface area contributed by atoms with Crippen molar-refractivity contribution in [2.24, 2.45) is 5.92 Å². The van der Waals surface area contributed by atoms with Crippen LogP contribution in [0.1, 0.15) is 13.3 Å².